The number of unbranched alkanes of at least 4 members (excludes halogenated alkanes) is 1. The molecule has 0 aliphatic rings. The molecule has 0 radical (unpaired) electrons. The van der Waals surface area contributed by atoms with Gasteiger partial charge in [0.15, 0.2) is 0 Å². The van der Waals surface area contributed by atoms with E-state index in [4.69, 9.17) is 4.74 Å². The van der Waals surface area contributed by atoms with Crippen molar-refractivity contribution in [2.45, 2.75) is 44.8 Å². The fourth-order valence-electron chi connectivity index (χ4n) is 1.93. The number of nitrogens with zero attached hydrogens (tertiary/aromatic N) is 1. The summed E-state index contributed by atoms with van der Waals surface area (Å²) in [5.74, 6) is -0.260. The minimum Gasteiger partial charge on any atom is -0.468 e. The lowest BCUT2D eigenvalue weighted by atomic mass is 10.0. The number of carbonyl (C=O) groups is 1. The van der Waals surface area contributed by atoms with Crippen molar-refractivity contribution < 1.29 is 14.6 Å². The van der Waals surface area contributed by atoms with E-state index in [9.17, 15) is 9.90 Å². The Bertz CT molecular complexity index is 242. The molecule has 0 aliphatic heterocycles. The van der Waals surface area contributed by atoms with Crippen LogP contribution in [0.15, 0.2) is 0 Å². The molecule has 0 aromatic carbocycles. The van der Waals surface area contributed by atoms with Gasteiger partial charge in [-0.05, 0) is 27.4 Å². The van der Waals surface area contributed by atoms with Gasteiger partial charge in [0.05, 0.1) is 12.7 Å². The molecule has 2 atom stereocenters. The summed E-state index contributed by atoms with van der Waals surface area (Å²) >= 11 is 0. The summed E-state index contributed by atoms with van der Waals surface area (Å²) in [6, 6.07) is -0.330. The molecule has 5 nitrogen and oxygen atoms in total. The molecule has 0 heterocycles. The fraction of sp³-hybridized carbons (Fsp3) is 0.923. The molecule has 0 aliphatic carbocycles. The van der Waals surface area contributed by atoms with Crippen molar-refractivity contribution in [2.75, 3.05) is 34.3 Å². The molecule has 5 heteroatoms. The Morgan fingerprint density at radius 2 is 2.11 bits per heavy atom. The van der Waals surface area contributed by atoms with E-state index in [1.807, 2.05) is 19.0 Å². The summed E-state index contributed by atoms with van der Waals surface area (Å²) in [7, 11) is 5.20. The van der Waals surface area contributed by atoms with Crippen LogP contribution >= 0.6 is 0 Å². The minimum atomic E-state index is -0.859. The molecule has 2 unspecified atom stereocenters. The van der Waals surface area contributed by atoms with Crippen LogP contribution in [-0.4, -0.2) is 61.9 Å². The van der Waals surface area contributed by atoms with Crippen LogP contribution in [0, 0.1) is 0 Å². The highest BCUT2D eigenvalue weighted by Crippen LogP contribution is 2.07. The first-order chi connectivity index (χ1) is 8.32. The monoisotopic (exact) mass is 260 g/mol. The third kappa shape index (κ3) is 7.63. The smallest absolute Gasteiger partial charge is 0.322 e. The average molecular weight is 260 g/mol. The molecule has 0 saturated carbocycles. The van der Waals surface area contributed by atoms with Crippen LogP contribution < -0.4 is 5.32 Å². The van der Waals surface area contributed by atoms with E-state index in [0.717, 1.165) is 19.3 Å². The van der Waals surface area contributed by atoms with Crippen LogP contribution in [-0.2, 0) is 9.53 Å². The van der Waals surface area contributed by atoms with Gasteiger partial charge in [-0.2, -0.15) is 0 Å². The number of hydrogen-bond donors (Lipinski definition) is 2. The molecule has 0 rings (SSSR count). The van der Waals surface area contributed by atoms with Gasteiger partial charge in [-0.25, -0.2) is 0 Å². The molecule has 2 N–H and O–H groups in total. The molecular weight excluding hydrogens is 232 g/mol. The molecular formula is C13H28N2O3. The lowest BCUT2D eigenvalue weighted by Gasteiger charge is -2.29. The maximum Gasteiger partial charge on any atom is 0.322 e. The van der Waals surface area contributed by atoms with E-state index in [1.165, 1.54) is 7.11 Å². The zero-order valence-electron chi connectivity index (χ0n) is 12.3. The van der Waals surface area contributed by atoms with Crippen molar-refractivity contribution in [3.63, 3.8) is 0 Å². The van der Waals surface area contributed by atoms with Gasteiger partial charge in [0.25, 0.3) is 0 Å². The zero-order valence-corrected chi connectivity index (χ0v) is 12.3. The third-order valence-electron chi connectivity index (χ3n) is 2.72. The Hall–Kier alpha value is -0.650. The van der Waals surface area contributed by atoms with E-state index in [-0.39, 0.29) is 12.0 Å². The van der Waals surface area contributed by atoms with E-state index in [1.54, 1.807) is 6.92 Å². The summed E-state index contributed by atoms with van der Waals surface area (Å²) in [5, 5.41) is 13.3. The largest absolute Gasteiger partial charge is 0.468 e. The second-order valence-corrected chi connectivity index (χ2v) is 5.33. The number of likely N-dealkylation sites (N-methyl/N-ethyl adjacent to an activating group) is 1. The average Bonchev–Trinajstić information content (AvgIpc) is 2.26. The first-order valence-electron chi connectivity index (χ1n) is 6.50. The number of esters is 1. The third-order valence-corrected chi connectivity index (χ3v) is 2.72. The Kier molecular flexibility index (Phi) is 8.15. The van der Waals surface area contributed by atoms with Crippen molar-refractivity contribution in [2.24, 2.45) is 0 Å². The van der Waals surface area contributed by atoms with Crippen molar-refractivity contribution >= 4 is 5.97 Å². The van der Waals surface area contributed by atoms with Gasteiger partial charge in [-0.1, -0.05) is 19.8 Å². The number of rotatable bonds is 9. The number of hydrogen-bond acceptors (Lipinski definition) is 5. The molecule has 0 aromatic heterocycles. The van der Waals surface area contributed by atoms with Gasteiger partial charge in [0.2, 0.25) is 0 Å². The SMILES string of the molecule is CCCCC(NCC(C)(O)CN(C)C)C(=O)OC. The van der Waals surface area contributed by atoms with Crippen molar-refractivity contribution in [1.82, 2.24) is 10.2 Å². The topological polar surface area (TPSA) is 61.8 Å². The number of methoxy groups -OCH3 is 1. The molecule has 18 heavy (non-hydrogen) atoms. The molecule has 0 saturated heterocycles. The second kappa shape index (κ2) is 8.45. The predicted molar refractivity (Wildman–Crippen MR) is 72.5 cm³/mol. The van der Waals surface area contributed by atoms with E-state index < -0.39 is 5.60 Å². The summed E-state index contributed by atoms with van der Waals surface area (Å²) < 4.78 is 4.76. The Labute approximate surface area is 110 Å². The number of ether oxygens (including phenoxy) is 1. The second-order valence-electron chi connectivity index (χ2n) is 5.33. The van der Waals surface area contributed by atoms with E-state index >= 15 is 0 Å². The summed E-state index contributed by atoms with van der Waals surface area (Å²) in [5.41, 5.74) is -0.859. The first-order valence-corrected chi connectivity index (χ1v) is 6.50. The van der Waals surface area contributed by atoms with Gasteiger partial charge in [-0.3, -0.25) is 4.79 Å². The van der Waals surface area contributed by atoms with Crippen LogP contribution in [0.1, 0.15) is 33.1 Å². The minimum absolute atomic E-state index is 0.260. The molecule has 108 valence electrons. The predicted octanol–water partition coefficient (Wildman–Crippen LogP) is 0.620. The highest BCUT2D eigenvalue weighted by atomic mass is 16.5. The number of carbonyl (C=O) groups excluding carboxylic acids is 1. The summed E-state index contributed by atoms with van der Waals surface area (Å²) in [6.07, 6.45) is 2.73. The maximum absolute atomic E-state index is 11.6. The molecule has 0 fully saturated rings. The van der Waals surface area contributed by atoms with Crippen LogP contribution in [0.4, 0.5) is 0 Å². The Morgan fingerprint density at radius 1 is 1.50 bits per heavy atom. The van der Waals surface area contributed by atoms with Gasteiger partial charge in [0, 0.05) is 13.1 Å². The van der Waals surface area contributed by atoms with E-state index in [0.29, 0.717) is 13.1 Å². The maximum atomic E-state index is 11.6. The van der Waals surface area contributed by atoms with E-state index in [2.05, 4.69) is 12.2 Å². The highest BCUT2D eigenvalue weighted by Gasteiger charge is 2.25. The lowest BCUT2D eigenvalue weighted by Crippen LogP contribution is -2.50. The first kappa shape index (κ1) is 17.4. The fourth-order valence-corrected chi connectivity index (χ4v) is 1.93. The molecule has 0 amide bonds. The summed E-state index contributed by atoms with van der Waals surface area (Å²) in [6.45, 7) is 4.75. The quantitative estimate of drug-likeness (QED) is 0.595. The Balaban J connectivity index is 4.27. The normalized spacial score (nSPS) is 16.4. The van der Waals surface area contributed by atoms with Crippen molar-refractivity contribution in [3.8, 4) is 0 Å². The van der Waals surface area contributed by atoms with Crippen LogP contribution in [0.2, 0.25) is 0 Å². The Morgan fingerprint density at radius 3 is 2.56 bits per heavy atom. The number of nitrogens with one attached hydrogen (secondary N) is 1. The van der Waals surface area contributed by atoms with Crippen molar-refractivity contribution in [3.05, 3.63) is 0 Å². The van der Waals surface area contributed by atoms with Gasteiger partial charge in [0.1, 0.15) is 6.04 Å². The van der Waals surface area contributed by atoms with Crippen LogP contribution in [0.5, 0.6) is 0 Å². The van der Waals surface area contributed by atoms with Gasteiger partial charge in [-0.15, -0.1) is 0 Å². The molecule has 0 spiro atoms. The van der Waals surface area contributed by atoms with Crippen LogP contribution in [0.3, 0.4) is 0 Å². The summed E-state index contributed by atoms with van der Waals surface area (Å²) in [4.78, 5) is 13.5. The lowest BCUT2D eigenvalue weighted by molar-refractivity contribution is -0.143. The standard InChI is InChI=1S/C13H28N2O3/c1-6-7-8-11(12(16)18-5)14-9-13(2,17)10-15(3)4/h11,14,17H,6-10H2,1-5H3. The zero-order chi connectivity index (χ0) is 14.2. The highest BCUT2D eigenvalue weighted by molar-refractivity contribution is 5.75. The van der Waals surface area contributed by atoms with Gasteiger partial charge < -0.3 is 20.1 Å². The molecule has 0 aromatic rings. The molecule has 0 bridgehead atoms. The van der Waals surface area contributed by atoms with Crippen LogP contribution in [0.25, 0.3) is 0 Å². The number of aliphatic hydroxyl groups is 1. The van der Waals surface area contributed by atoms with Crippen molar-refractivity contribution in [1.29, 1.82) is 0 Å². The van der Waals surface area contributed by atoms with Gasteiger partial charge >= 0.3 is 5.97 Å².